The first kappa shape index (κ1) is 20.4. The van der Waals surface area contributed by atoms with Gasteiger partial charge in [-0.25, -0.2) is 13.4 Å². The molecule has 7 nitrogen and oxygen atoms in total. The number of hydrogen-bond acceptors (Lipinski definition) is 5. The van der Waals surface area contributed by atoms with Crippen LogP contribution in [0.5, 0.6) is 5.75 Å². The first-order chi connectivity index (χ1) is 14.4. The third kappa shape index (κ3) is 4.18. The van der Waals surface area contributed by atoms with Gasteiger partial charge in [0.15, 0.2) is 9.84 Å². The van der Waals surface area contributed by atoms with Gasteiger partial charge in [-0.15, -0.1) is 0 Å². The molecule has 0 N–H and O–H groups in total. The van der Waals surface area contributed by atoms with Crippen LogP contribution in [0.4, 0.5) is 0 Å². The van der Waals surface area contributed by atoms with Gasteiger partial charge in [-0.05, 0) is 42.7 Å². The van der Waals surface area contributed by atoms with Crippen molar-refractivity contribution in [3.63, 3.8) is 0 Å². The summed E-state index contributed by atoms with van der Waals surface area (Å²) >= 11 is 0. The minimum Gasteiger partial charge on any atom is -0.497 e. The summed E-state index contributed by atoms with van der Waals surface area (Å²) in [5.74, 6) is 0.944. The lowest BCUT2D eigenvalue weighted by Crippen LogP contribution is -2.34. The third-order valence-corrected chi connectivity index (χ3v) is 6.27. The highest BCUT2D eigenvalue weighted by Gasteiger charge is 2.30. The molecule has 158 valence electrons. The molecule has 2 aromatic carbocycles. The Kier molecular flexibility index (Phi) is 5.51. The van der Waals surface area contributed by atoms with Gasteiger partial charge in [-0.2, -0.15) is 0 Å². The fourth-order valence-corrected chi connectivity index (χ4v) is 4.80. The van der Waals surface area contributed by atoms with Gasteiger partial charge in [0, 0.05) is 12.8 Å². The lowest BCUT2D eigenvalue weighted by Gasteiger charge is -2.26. The monoisotopic (exact) mass is 427 g/mol. The van der Waals surface area contributed by atoms with Crippen molar-refractivity contribution in [2.45, 2.75) is 31.2 Å². The average Bonchev–Trinajstić information content (AvgIpc) is 3.32. The number of fused-ring (bicyclic) bond motifs is 1. The molecule has 30 heavy (non-hydrogen) atoms. The van der Waals surface area contributed by atoms with Crippen LogP contribution in [0.2, 0.25) is 0 Å². The van der Waals surface area contributed by atoms with Crippen molar-refractivity contribution in [2.75, 3.05) is 19.9 Å². The number of carbonyl (C=O) groups is 1. The maximum Gasteiger partial charge on any atom is 0.243 e. The van der Waals surface area contributed by atoms with E-state index >= 15 is 0 Å². The zero-order chi connectivity index (χ0) is 21.3. The predicted molar refractivity (Wildman–Crippen MR) is 115 cm³/mol. The van der Waals surface area contributed by atoms with Crippen molar-refractivity contribution >= 4 is 26.8 Å². The summed E-state index contributed by atoms with van der Waals surface area (Å²) in [6.07, 6.45) is 3.01. The summed E-state index contributed by atoms with van der Waals surface area (Å²) in [5.41, 5.74) is 2.54. The summed E-state index contributed by atoms with van der Waals surface area (Å²) < 4.78 is 30.8. The Bertz CT molecular complexity index is 1170. The summed E-state index contributed by atoms with van der Waals surface area (Å²) in [6.45, 7) is 0.752. The molecule has 0 spiro atoms. The van der Waals surface area contributed by atoms with Crippen molar-refractivity contribution in [2.24, 2.45) is 0 Å². The summed E-state index contributed by atoms with van der Waals surface area (Å²) in [6, 6.07) is 15.2. The second kappa shape index (κ2) is 8.10. The molecular weight excluding hydrogens is 402 g/mol. The van der Waals surface area contributed by atoms with E-state index in [1.165, 1.54) is 6.26 Å². The molecule has 4 rings (SSSR count). The van der Waals surface area contributed by atoms with Crippen molar-refractivity contribution in [3.8, 4) is 5.75 Å². The number of amides is 1. The molecule has 1 aliphatic heterocycles. The number of rotatable bonds is 6. The van der Waals surface area contributed by atoms with E-state index in [0.29, 0.717) is 17.9 Å². The number of aromatic nitrogens is 2. The maximum absolute atomic E-state index is 13.3. The minimum atomic E-state index is -3.28. The fraction of sp³-hybridized carbons (Fsp3) is 0.364. The molecular formula is C22H25N3O4S. The van der Waals surface area contributed by atoms with E-state index in [1.54, 1.807) is 11.7 Å². The van der Waals surface area contributed by atoms with Gasteiger partial charge in [-0.1, -0.05) is 24.3 Å². The number of sulfone groups is 1. The van der Waals surface area contributed by atoms with Crippen molar-refractivity contribution in [3.05, 3.63) is 59.9 Å². The topological polar surface area (TPSA) is 81.5 Å². The van der Waals surface area contributed by atoms with Crippen molar-refractivity contribution in [1.82, 2.24) is 14.5 Å². The number of ether oxygens (including phenoxy) is 1. The second-order valence-electron chi connectivity index (χ2n) is 7.69. The molecule has 3 aromatic rings. The number of para-hydroxylation sites is 2. The van der Waals surface area contributed by atoms with Gasteiger partial charge < -0.3 is 14.2 Å². The summed E-state index contributed by atoms with van der Waals surface area (Å²) in [4.78, 5) is 19.6. The normalized spacial score (nSPS) is 16.9. The third-order valence-electron chi connectivity index (χ3n) is 5.49. The van der Waals surface area contributed by atoms with E-state index in [2.05, 4.69) is 4.98 Å². The molecule has 8 heteroatoms. The number of benzene rings is 2. The molecule has 0 saturated carbocycles. The van der Waals surface area contributed by atoms with Gasteiger partial charge in [0.1, 0.15) is 23.9 Å². The van der Waals surface area contributed by atoms with Gasteiger partial charge in [-0.3, -0.25) is 4.79 Å². The Balaban J connectivity index is 1.62. The van der Waals surface area contributed by atoms with Crippen molar-refractivity contribution in [1.29, 1.82) is 0 Å². The Labute approximate surface area is 176 Å². The number of methoxy groups -OCH3 is 1. The Morgan fingerprint density at radius 1 is 1.17 bits per heavy atom. The largest absolute Gasteiger partial charge is 0.497 e. The van der Waals surface area contributed by atoms with Crippen molar-refractivity contribution < 1.29 is 17.9 Å². The molecule has 1 saturated heterocycles. The van der Waals surface area contributed by atoms with Gasteiger partial charge in [0.2, 0.25) is 5.91 Å². The molecule has 0 radical (unpaired) electrons. The fourth-order valence-electron chi connectivity index (χ4n) is 4.11. The van der Waals surface area contributed by atoms with E-state index < -0.39 is 9.84 Å². The Morgan fingerprint density at radius 3 is 2.60 bits per heavy atom. The first-order valence-electron chi connectivity index (χ1n) is 9.91. The van der Waals surface area contributed by atoms with Crippen LogP contribution in [0.3, 0.4) is 0 Å². The van der Waals surface area contributed by atoms with E-state index in [9.17, 15) is 13.2 Å². The highest BCUT2D eigenvalue weighted by atomic mass is 32.2. The summed E-state index contributed by atoms with van der Waals surface area (Å²) in [7, 11) is -1.65. The number of hydrogen-bond donors (Lipinski definition) is 0. The van der Waals surface area contributed by atoms with Crippen LogP contribution in [-0.4, -0.2) is 48.7 Å². The summed E-state index contributed by atoms with van der Waals surface area (Å²) in [5, 5.41) is 0. The maximum atomic E-state index is 13.3. The zero-order valence-electron chi connectivity index (χ0n) is 17.1. The number of likely N-dealkylation sites (tertiary alicyclic amines) is 1. The molecule has 1 fully saturated rings. The smallest absolute Gasteiger partial charge is 0.243 e. The second-order valence-corrected chi connectivity index (χ2v) is 9.83. The first-order valence-corrected chi connectivity index (χ1v) is 12.0. The number of nitrogens with zero attached hydrogens (tertiary/aromatic N) is 3. The van der Waals surface area contributed by atoms with Crippen LogP contribution < -0.4 is 4.74 Å². The molecule has 0 bridgehead atoms. The highest BCUT2D eigenvalue weighted by Crippen LogP contribution is 2.33. The average molecular weight is 428 g/mol. The van der Waals surface area contributed by atoms with Crippen LogP contribution in [-0.2, 0) is 26.9 Å². The van der Waals surface area contributed by atoms with Crippen LogP contribution in [0.15, 0.2) is 48.5 Å². The SMILES string of the molecule is COc1ccc([C@H]2CCCN2C(=O)Cn2c(CS(C)(=O)=O)nc3ccccc32)cc1. The number of carbonyl (C=O) groups excluding carboxylic acids is 1. The molecule has 1 amide bonds. The van der Waals surface area contributed by atoms with E-state index in [0.717, 1.165) is 29.7 Å². The van der Waals surface area contributed by atoms with E-state index in [-0.39, 0.29) is 24.2 Å². The lowest BCUT2D eigenvalue weighted by molar-refractivity contribution is -0.132. The predicted octanol–water partition coefficient (Wildman–Crippen LogP) is 2.95. The lowest BCUT2D eigenvalue weighted by atomic mass is 10.0. The zero-order valence-corrected chi connectivity index (χ0v) is 17.9. The van der Waals surface area contributed by atoms with Crippen LogP contribution in [0.25, 0.3) is 11.0 Å². The van der Waals surface area contributed by atoms with E-state index in [1.807, 2.05) is 53.4 Å². The molecule has 1 atom stereocenters. The number of imidazole rings is 1. The van der Waals surface area contributed by atoms with Gasteiger partial charge in [0.05, 0.1) is 24.2 Å². The Hall–Kier alpha value is -2.87. The van der Waals surface area contributed by atoms with Crippen LogP contribution in [0.1, 0.15) is 30.3 Å². The van der Waals surface area contributed by atoms with Crippen LogP contribution in [0, 0.1) is 0 Å². The quantitative estimate of drug-likeness (QED) is 0.604. The van der Waals surface area contributed by atoms with Gasteiger partial charge in [0.25, 0.3) is 0 Å². The van der Waals surface area contributed by atoms with Gasteiger partial charge >= 0.3 is 0 Å². The van der Waals surface area contributed by atoms with Crippen LogP contribution >= 0.6 is 0 Å². The standard InChI is InChI=1S/C22H25N3O4S/c1-29-17-11-9-16(10-12-17)19-8-5-13-24(19)22(26)14-25-20-7-4-3-6-18(20)23-21(25)15-30(2,27)28/h3-4,6-7,9-12,19H,5,8,13-15H2,1-2H3/t19-/m1/s1. The molecule has 0 unspecified atom stereocenters. The minimum absolute atomic E-state index is 0.0107. The molecule has 2 heterocycles. The Morgan fingerprint density at radius 2 is 1.90 bits per heavy atom. The molecule has 0 aliphatic carbocycles. The molecule has 1 aromatic heterocycles. The molecule has 1 aliphatic rings. The highest BCUT2D eigenvalue weighted by molar-refractivity contribution is 7.89. The van der Waals surface area contributed by atoms with E-state index in [4.69, 9.17) is 4.74 Å².